The van der Waals surface area contributed by atoms with E-state index in [1.54, 1.807) is 7.11 Å². The van der Waals surface area contributed by atoms with Crippen molar-refractivity contribution in [3.05, 3.63) is 59.1 Å². The maximum atomic E-state index is 13.7. The van der Waals surface area contributed by atoms with E-state index >= 15 is 0 Å². The molecule has 10 nitrogen and oxygen atoms in total. The second kappa shape index (κ2) is 9.42. The standard InChI is InChI=1S/C32H35N7O3/c1-17-30(36-27-12-21(14-29(42-2)38(17)27)32(41)39-22-6-8-25(39)23(33)15-22)26-11-20-5-7-24(19-9-10-34-28(40)13-19)35-31(20)37(26)16-18-3-4-18/h5,7-8,11-12,14,18-19,22-23H,3-4,6,9-10,13,15-16,33H2,1-2H3,(H,34,40)/t19-,22+,23-/m1/s1. The van der Waals surface area contributed by atoms with Crippen LogP contribution in [0, 0.1) is 12.8 Å². The highest BCUT2D eigenvalue weighted by Crippen LogP contribution is 2.40. The van der Waals surface area contributed by atoms with Gasteiger partial charge < -0.3 is 25.3 Å². The number of amides is 2. The molecule has 2 bridgehead atoms. The minimum atomic E-state index is -0.0867. The largest absolute Gasteiger partial charge is 0.482 e. The molecule has 1 aliphatic carbocycles. The van der Waals surface area contributed by atoms with Crippen molar-refractivity contribution in [3.63, 3.8) is 0 Å². The van der Waals surface area contributed by atoms with E-state index in [2.05, 4.69) is 34.2 Å². The van der Waals surface area contributed by atoms with E-state index in [-0.39, 0.29) is 29.8 Å². The highest BCUT2D eigenvalue weighted by atomic mass is 16.5. The molecule has 0 radical (unpaired) electrons. The fourth-order valence-electron chi connectivity index (χ4n) is 7.18. The summed E-state index contributed by atoms with van der Waals surface area (Å²) in [5.41, 5.74) is 13.1. The number of methoxy groups -OCH3 is 1. The van der Waals surface area contributed by atoms with Gasteiger partial charge in [0.1, 0.15) is 17.0 Å². The molecule has 216 valence electrons. The van der Waals surface area contributed by atoms with Gasteiger partial charge in [-0.15, -0.1) is 0 Å². The van der Waals surface area contributed by atoms with Crippen LogP contribution in [0.5, 0.6) is 5.88 Å². The highest BCUT2D eigenvalue weighted by Gasteiger charge is 2.42. The van der Waals surface area contributed by atoms with Crippen molar-refractivity contribution in [2.75, 3.05) is 13.7 Å². The molecule has 1 saturated carbocycles. The Morgan fingerprint density at radius 1 is 1.17 bits per heavy atom. The van der Waals surface area contributed by atoms with E-state index in [1.807, 2.05) is 28.4 Å². The number of ether oxygens (including phenoxy) is 1. The first-order valence-corrected chi connectivity index (χ1v) is 15.0. The number of hydrogen-bond donors (Lipinski definition) is 2. The van der Waals surface area contributed by atoms with Crippen LogP contribution >= 0.6 is 0 Å². The van der Waals surface area contributed by atoms with Gasteiger partial charge in [0.15, 0.2) is 5.88 Å². The molecule has 3 aliphatic heterocycles. The number of aromatic nitrogens is 4. The molecule has 42 heavy (non-hydrogen) atoms. The first-order valence-electron chi connectivity index (χ1n) is 15.0. The second-order valence-corrected chi connectivity index (χ2v) is 12.3. The summed E-state index contributed by atoms with van der Waals surface area (Å²) in [5, 5.41) is 3.99. The van der Waals surface area contributed by atoms with E-state index in [4.69, 9.17) is 20.4 Å². The smallest absolute Gasteiger partial charge is 0.258 e. The zero-order valence-electron chi connectivity index (χ0n) is 24.0. The molecular weight excluding hydrogens is 530 g/mol. The first kappa shape index (κ1) is 25.5. The van der Waals surface area contributed by atoms with E-state index in [0.29, 0.717) is 36.0 Å². The van der Waals surface area contributed by atoms with Crippen molar-refractivity contribution >= 4 is 28.5 Å². The van der Waals surface area contributed by atoms with Crippen molar-refractivity contribution in [2.45, 2.75) is 70.0 Å². The Bertz CT molecular complexity index is 1810. The molecule has 4 aromatic heterocycles. The molecule has 4 aromatic rings. The number of nitrogens with two attached hydrogens (primary N) is 1. The van der Waals surface area contributed by atoms with Crippen molar-refractivity contribution in [1.82, 2.24) is 29.2 Å². The zero-order chi connectivity index (χ0) is 28.7. The summed E-state index contributed by atoms with van der Waals surface area (Å²) in [5.74, 6) is 1.35. The Kier molecular flexibility index (Phi) is 5.72. The SMILES string of the molecule is COc1cc(C(=O)N2C3=CC[C@H]2C[C@H]3N)cc2nc(-c3cc4ccc([C@@H]5CCNC(=O)C5)nc4n3CC3CC3)c(C)n12. The van der Waals surface area contributed by atoms with Crippen molar-refractivity contribution < 1.29 is 14.3 Å². The summed E-state index contributed by atoms with van der Waals surface area (Å²) in [6.45, 7) is 3.61. The molecule has 2 saturated heterocycles. The van der Waals surface area contributed by atoms with Crippen molar-refractivity contribution in [2.24, 2.45) is 11.7 Å². The third-order valence-electron chi connectivity index (χ3n) is 9.55. The van der Waals surface area contributed by atoms with Gasteiger partial charge in [-0.1, -0.05) is 6.08 Å². The predicted octanol–water partition coefficient (Wildman–Crippen LogP) is 3.90. The Labute approximate surface area is 243 Å². The Morgan fingerprint density at radius 2 is 2.02 bits per heavy atom. The van der Waals surface area contributed by atoms with Gasteiger partial charge in [0.25, 0.3) is 5.91 Å². The lowest BCUT2D eigenvalue weighted by Crippen LogP contribution is -2.32. The van der Waals surface area contributed by atoms with Crippen LogP contribution in [0.1, 0.15) is 66.2 Å². The molecule has 0 aromatic carbocycles. The van der Waals surface area contributed by atoms with Gasteiger partial charge in [0, 0.05) is 65.9 Å². The van der Waals surface area contributed by atoms with Crippen LogP contribution in [-0.2, 0) is 11.3 Å². The average molecular weight is 566 g/mol. The van der Waals surface area contributed by atoms with Crippen LogP contribution < -0.4 is 15.8 Å². The Morgan fingerprint density at radius 3 is 2.74 bits per heavy atom. The van der Waals surface area contributed by atoms with E-state index < -0.39 is 0 Å². The van der Waals surface area contributed by atoms with Crippen molar-refractivity contribution in [3.8, 4) is 17.3 Å². The van der Waals surface area contributed by atoms with E-state index in [0.717, 1.165) is 65.3 Å². The number of fused-ring (bicyclic) bond motifs is 4. The molecule has 7 heterocycles. The minimum absolute atomic E-state index is 0.0596. The number of aryl methyl sites for hydroxylation is 1. The summed E-state index contributed by atoms with van der Waals surface area (Å²) in [7, 11) is 1.63. The fourth-order valence-corrected chi connectivity index (χ4v) is 7.18. The van der Waals surface area contributed by atoms with Gasteiger partial charge in [0.05, 0.1) is 18.5 Å². The van der Waals surface area contributed by atoms with Gasteiger partial charge in [0.2, 0.25) is 5.91 Å². The number of imidazole rings is 1. The molecule has 0 spiro atoms. The van der Waals surface area contributed by atoms with Crippen LogP contribution in [-0.4, -0.2) is 61.4 Å². The number of pyridine rings is 2. The van der Waals surface area contributed by atoms with Gasteiger partial charge in [-0.05, 0) is 69.2 Å². The number of nitrogens with one attached hydrogen (secondary N) is 1. The molecule has 8 rings (SSSR count). The normalized spacial score (nSPS) is 23.6. The molecule has 3 atom stereocenters. The summed E-state index contributed by atoms with van der Waals surface area (Å²) in [6.07, 6.45) is 7.54. The third kappa shape index (κ3) is 3.95. The van der Waals surface area contributed by atoms with Crippen LogP contribution in [0.2, 0.25) is 0 Å². The maximum absolute atomic E-state index is 13.7. The van der Waals surface area contributed by atoms with Crippen LogP contribution in [0.15, 0.2) is 42.1 Å². The number of carbonyl (C=O) groups excluding carboxylic acids is 2. The van der Waals surface area contributed by atoms with Gasteiger partial charge in [-0.25, -0.2) is 9.97 Å². The van der Waals surface area contributed by atoms with E-state index in [1.165, 1.54) is 12.8 Å². The molecule has 4 aliphatic rings. The van der Waals surface area contributed by atoms with Gasteiger partial charge in [-0.3, -0.25) is 14.0 Å². The topological polar surface area (TPSA) is 120 Å². The maximum Gasteiger partial charge on any atom is 0.258 e. The molecule has 10 heteroatoms. The molecule has 3 N–H and O–H groups in total. The van der Waals surface area contributed by atoms with Crippen molar-refractivity contribution in [1.29, 1.82) is 0 Å². The monoisotopic (exact) mass is 565 g/mol. The number of piperidine rings is 1. The molecule has 3 fully saturated rings. The average Bonchev–Trinajstić information content (AvgIpc) is 3.31. The lowest BCUT2D eigenvalue weighted by molar-refractivity contribution is -0.122. The van der Waals surface area contributed by atoms with Gasteiger partial charge in [-0.2, -0.15) is 0 Å². The second-order valence-electron chi connectivity index (χ2n) is 12.3. The lowest BCUT2D eigenvalue weighted by atomic mass is 9.93. The Hall–Kier alpha value is -4.18. The van der Waals surface area contributed by atoms with Crippen LogP contribution in [0.3, 0.4) is 0 Å². The third-order valence-corrected chi connectivity index (χ3v) is 9.55. The van der Waals surface area contributed by atoms with Crippen LogP contribution in [0.25, 0.3) is 28.1 Å². The lowest BCUT2D eigenvalue weighted by Gasteiger charge is -2.21. The molecular formula is C32H35N7O3. The summed E-state index contributed by atoms with van der Waals surface area (Å²) in [6, 6.07) is 10.1. The molecule has 2 amide bonds. The predicted molar refractivity (Wildman–Crippen MR) is 158 cm³/mol. The quantitative estimate of drug-likeness (QED) is 0.366. The van der Waals surface area contributed by atoms with Gasteiger partial charge >= 0.3 is 0 Å². The number of nitrogens with zero attached hydrogens (tertiary/aromatic N) is 5. The highest BCUT2D eigenvalue weighted by molar-refractivity contribution is 5.98. The first-order chi connectivity index (χ1) is 20.4. The summed E-state index contributed by atoms with van der Waals surface area (Å²) >= 11 is 0. The van der Waals surface area contributed by atoms with E-state index in [9.17, 15) is 9.59 Å². The molecule has 0 unspecified atom stereocenters. The summed E-state index contributed by atoms with van der Waals surface area (Å²) in [4.78, 5) is 37.9. The Balaban J connectivity index is 1.23. The number of hydrogen-bond acceptors (Lipinski definition) is 6. The number of rotatable bonds is 6. The fraction of sp³-hybridized carbons (Fsp3) is 0.438. The minimum Gasteiger partial charge on any atom is -0.482 e. The summed E-state index contributed by atoms with van der Waals surface area (Å²) < 4.78 is 10.1. The van der Waals surface area contributed by atoms with Crippen LogP contribution in [0.4, 0.5) is 0 Å². The number of carbonyl (C=O) groups is 2. The zero-order valence-corrected chi connectivity index (χ0v) is 24.0.